The average molecular weight is 256 g/mol. The highest BCUT2D eigenvalue weighted by molar-refractivity contribution is 5.81. The fourth-order valence-electron chi connectivity index (χ4n) is 2.64. The first kappa shape index (κ1) is 15.4. The third kappa shape index (κ3) is 5.36. The smallest absolute Gasteiger partial charge is 0.239 e. The number of amides is 1. The van der Waals surface area contributed by atoms with Gasteiger partial charge in [0.05, 0.1) is 12.1 Å². The molecule has 1 heterocycles. The number of likely N-dealkylation sites (tertiary alicyclic amines) is 1. The minimum atomic E-state index is -0.326. The third-order valence-electron chi connectivity index (χ3n) is 3.52. The first-order valence-corrected chi connectivity index (χ1v) is 7.23. The van der Waals surface area contributed by atoms with Gasteiger partial charge in [-0.05, 0) is 40.0 Å². The van der Waals surface area contributed by atoms with Gasteiger partial charge in [0, 0.05) is 19.1 Å². The fourth-order valence-corrected chi connectivity index (χ4v) is 2.64. The molecule has 0 radical (unpaired) electrons. The van der Waals surface area contributed by atoms with Crippen LogP contribution in [-0.4, -0.2) is 47.2 Å². The normalized spacial score (nSPS) is 22.1. The molecule has 0 aromatic rings. The number of carbonyl (C=O) groups excluding carboxylic acids is 1. The lowest BCUT2D eigenvalue weighted by Gasteiger charge is -2.27. The molecule has 0 aliphatic carbocycles. The van der Waals surface area contributed by atoms with Gasteiger partial charge in [0.1, 0.15) is 0 Å². The Hall–Kier alpha value is -0.610. The number of carbonyl (C=O) groups is 1. The molecule has 18 heavy (non-hydrogen) atoms. The zero-order valence-electron chi connectivity index (χ0n) is 12.0. The van der Waals surface area contributed by atoms with Crippen molar-refractivity contribution in [2.45, 2.75) is 71.1 Å². The monoisotopic (exact) mass is 256 g/mol. The van der Waals surface area contributed by atoms with E-state index in [0.717, 1.165) is 25.9 Å². The summed E-state index contributed by atoms with van der Waals surface area (Å²) >= 11 is 0. The molecule has 1 amide bonds. The van der Waals surface area contributed by atoms with Crippen molar-refractivity contribution >= 4 is 5.91 Å². The Morgan fingerprint density at radius 2 is 1.72 bits per heavy atom. The predicted molar refractivity (Wildman–Crippen MR) is 73.4 cm³/mol. The third-order valence-corrected chi connectivity index (χ3v) is 3.52. The zero-order chi connectivity index (χ0) is 13.5. The molecule has 4 heteroatoms. The molecule has 0 bridgehead atoms. The summed E-state index contributed by atoms with van der Waals surface area (Å²) in [5.41, 5.74) is 0. The van der Waals surface area contributed by atoms with Crippen molar-refractivity contribution < 1.29 is 9.90 Å². The molecule has 0 aromatic heterocycles. The predicted octanol–water partition coefficient (Wildman–Crippen LogP) is 1.53. The van der Waals surface area contributed by atoms with E-state index < -0.39 is 0 Å². The second kappa shape index (κ2) is 7.74. The van der Waals surface area contributed by atoms with E-state index in [1.165, 1.54) is 12.8 Å². The fraction of sp³-hybridized carbons (Fsp3) is 0.929. The van der Waals surface area contributed by atoms with Crippen LogP contribution < -0.4 is 5.32 Å². The van der Waals surface area contributed by atoms with E-state index in [9.17, 15) is 9.90 Å². The summed E-state index contributed by atoms with van der Waals surface area (Å²) in [6.07, 6.45) is 5.09. The molecule has 1 aliphatic heterocycles. The first-order chi connectivity index (χ1) is 8.50. The molecular formula is C14H28N2O2. The maximum absolute atomic E-state index is 12.3. The topological polar surface area (TPSA) is 52.6 Å². The molecule has 1 saturated heterocycles. The highest BCUT2D eigenvalue weighted by Crippen LogP contribution is 2.11. The Morgan fingerprint density at radius 3 is 2.22 bits per heavy atom. The Labute approximate surface area is 111 Å². The van der Waals surface area contributed by atoms with Gasteiger partial charge in [-0.1, -0.05) is 12.8 Å². The second-order valence-electron chi connectivity index (χ2n) is 5.61. The number of rotatable bonds is 5. The van der Waals surface area contributed by atoms with Gasteiger partial charge in [-0.25, -0.2) is 0 Å². The van der Waals surface area contributed by atoms with Crippen LogP contribution >= 0.6 is 0 Å². The van der Waals surface area contributed by atoms with Gasteiger partial charge in [0.2, 0.25) is 5.91 Å². The number of hydrogen-bond donors (Lipinski definition) is 2. The van der Waals surface area contributed by atoms with Crippen LogP contribution in [-0.2, 0) is 4.79 Å². The lowest BCUT2D eigenvalue weighted by atomic mass is 10.1. The molecule has 3 unspecified atom stereocenters. The van der Waals surface area contributed by atoms with Crippen molar-refractivity contribution in [2.75, 3.05) is 13.1 Å². The van der Waals surface area contributed by atoms with Gasteiger partial charge in [0.25, 0.3) is 0 Å². The van der Waals surface area contributed by atoms with E-state index in [0.29, 0.717) is 6.42 Å². The van der Waals surface area contributed by atoms with Crippen LogP contribution in [0, 0.1) is 0 Å². The molecule has 0 saturated carbocycles. The number of aliphatic hydroxyl groups is 1. The molecule has 1 fully saturated rings. The van der Waals surface area contributed by atoms with Gasteiger partial charge in [-0.15, -0.1) is 0 Å². The summed E-state index contributed by atoms with van der Waals surface area (Å²) in [4.78, 5) is 14.3. The Kier molecular flexibility index (Phi) is 6.65. The summed E-state index contributed by atoms with van der Waals surface area (Å²) in [6.45, 7) is 7.51. The SMILES string of the molecule is CC(O)CC(C)NC(C)C(=O)N1CCCCCC1. The van der Waals surface area contributed by atoms with Crippen molar-refractivity contribution in [3.8, 4) is 0 Å². The molecule has 4 nitrogen and oxygen atoms in total. The standard InChI is InChI=1S/C14H28N2O2/c1-11(10-12(2)17)15-13(3)14(18)16-8-6-4-5-7-9-16/h11-13,15,17H,4-10H2,1-3H3. The number of aliphatic hydroxyl groups excluding tert-OH is 1. The Morgan fingerprint density at radius 1 is 1.17 bits per heavy atom. The van der Waals surface area contributed by atoms with Crippen molar-refractivity contribution in [2.24, 2.45) is 0 Å². The van der Waals surface area contributed by atoms with Crippen LogP contribution in [0.25, 0.3) is 0 Å². The minimum Gasteiger partial charge on any atom is -0.393 e. The molecule has 0 aromatic carbocycles. The summed E-state index contributed by atoms with van der Waals surface area (Å²) in [7, 11) is 0. The molecule has 106 valence electrons. The Bertz CT molecular complexity index is 248. The maximum atomic E-state index is 12.3. The van der Waals surface area contributed by atoms with Crippen molar-refractivity contribution in [1.29, 1.82) is 0 Å². The van der Waals surface area contributed by atoms with Crippen LogP contribution in [0.3, 0.4) is 0 Å². The highest BCUT2D eigenvalue weighted by atomic mass is 16.3. The lowest BCUT2D eigenvalue weighted by molar-refractivity contribution is -0.133. The first-order valence-electron chi connectivity index (χ1n) is 7.23. The van der Waals surface area contributed by atoms with Crippen LogP contribution in [0.15, 0.2) is 0 Å². The quantitative estimate of drug-likeness (QED) is 0.784. The molecule has 1 aliphatic rings. The van der Waals surface area contributed by atoms with E-state index in [2.05, 4.69) is 5.32 Å². The Balaban J connectivity index is 2.39. The van der Waals surface area contributed by atoms with Crippen LogP contribution in [0.5, 0.6) is 0 Å². The summed E-state index contributed by atoms with van der Waals surface area (Å²) in [5, 5.41) is 12.6. The van der Waals surface area contributed by atoms with E-state index in [4.69, 9.17) is 0 Å². The van der Waals surface area contributed by atoms with Gasteiger partial charge >= 0.3 is 0 Å². The van der Waals surface area contributed by atoms with Gasteiger partial charge in [-0.2, -0.15) is 0 Å². The highest BCUT2D eigenvalue weighted by Gasteiger charge is 2.22. The lowest BCUT2D eigenvalue weighted by Crippen LogP contribution is -2.48. The van der Waals surface area contributed by atoms with E-state index in [1.807, 2.05) is 18.7 Å². The number of nitrogens with one attached hydrogen (secondary N) is 1. The second-order valence-corrected chi connectivity index (χ2v) is 5.61. The van der Waals surface area contributed by atoms with Crippen LogP contribution in [0.4, 0.5) is 0 Å². The van der Waals surface area contributed by atoms with E-state index in [-0.39, 0.29) is 24.1 Å². The van der Waals surface area contributed by atoms with E-state index in [1.54, 1.807) is 6.92 Å². The summed E-state index contributed by atoms with van der Waals surface area (Å²) in [6, 6.07) is 0.00720. The molecule has 2 N–H and O–H groups in total. The van der Waals surface area contributed by atoms with Crippen molar-refractivity contribution in [1.82, 2.24) is 10.2 Å². The molecular weight excluding hydrogens is 228 g/mol. The largest absolute Gasteiger partial charge is 0.393 e. The van der Waals surface area contributed by atoms with Gasteiger partial charge in [-0.3, -0.25) is 4.79 Å². The average Bonchev–Trinajstić information content (AvgIpc) is 2.55. The summed E-state index contributed by atoms with van der Waals surface area (Å²) in [5.74, 6) is 0.203. The molecule has 1 rings (SSSR count). The molecule has 3 atom stereocenters. The van der Waals surface area contributed by atoms with Crippen molar-refractivity contribution in [3.05, 3.63) is 0 Å². The minimum absolute atomic E-state index is 0.156. The number of nitrogens with zero attached hydrogens (tertiary/aromatic N) is 1. The van der Waals surface area contributed by atoms with Gasteiger partial charge in [0.15, 0.2) is 0 Å². The number of hydrogen-bond acceptors (Lipinski definition) is 3. The molecule has 0 spiro atoms. The van der Waals surface area contributed by atoms with Crippen molar-refractivity contribution in [3.63, 3.8) is 0 Å². The van der Waals surface area contributed by atoms with Crippen LogP contribution in [0.1, 0.15) is 52.9 Å². The maximum Gasteiger partial charge on any atom is 0.239 e. The van der Waals surface area contributed by atoms with Crippen LogP contribution in [0.2, 0.25) is 0 Å². The van der Waals surface area contributed by atoms with Gasteiger partial charge < -0.3 is 15.3 Å². The zero-order valence-corrected chi connectivity index (χ0v) is 12.0. The summed E-state index contributed by atoms with van der Waals surface area (Å²) < 4.78 is 0. The van der Waals surface area contributed by atoms with E-state index >= 15 is 0 Å².